The largest absolute Gasteiger partial charge is 0.477 e. The Morgan fingerprint density at radius 2 is 2.17 bits per heavy atom. The van der Waals surface area contributed by atoms with E-state index in [-0.39, 0.29) is 9.77 Å². The van der Waals surface area contributed by atoms with E-state index in [9.17, 15) is 13.2 Å². The third-order valence-electron chi connectivity index (χ3n) is 2.98. The monoisotopic (exact) mass is 289 g/mol. The zero-order valence-electron chi connectivity index (χ0n) is 10.2. The van der Waals surface area contributed by atoms with Gasteiger partial charge in [0.1, 0.15) is 4.88 Å². The van der Waals surface area contributed by atoms with Gasteiger partial charge in [0.25, 0.3) is 0 Å². The Morgan fingerprint density at radius 1 is 1.56 bits per heavy atom. The molecule has 1 aliphatic rings. The number of carbonyl (C=O) groups is 1. The standard InChI is InChI=1S/C11H15NO4S2/c1-7-10(5-9(17-7)11(13)14)18(15,16)12(2)6-8-3-4-8/h5,8H,3-4,6H2,1-2H3,(H,13,14). The molecule has 1 heterocycles. The average Bonchev–Trinajstić information content (AvgIpc) is 2.98. The number of aryl methyl sites for hydroxylation is 1. The molecule has 0 aliphatic heterocycles. The summed E-state index contributed by atoms with van der Waals surface area (Å²) in [5, 5.41) is 8.88. The Bertz CT molecular complexity index is 572. The summed E-state index contributed by atoms with van der Waals surface area (Å²) in [5.41, 5.74) is 0. The van der Waals surface area contributed by atoms with Crippen LogP contribution in [0.1, 0.15) is 27.4 Å². The lowest BCUT2D eigenvalue weighted by molar-refractivity contribution is 0.0702. The van der Waals surface area contributed by atoms with Crippen LogP contribution in [0.5, 0.6) is 0 Å². The van der Waals surface area contributed by atoms with Gasteiger partial charge in [-0.15, -0.1) is 11.3 Å². The summed E-state index contributed by atoms with van der Waals surface area (Å²) in [4.78, 5) is 11.6. The van der Waals surface area contributed by atoms with Gasteiger partial charge in [-0.05, 0) is 31.7 Å². The smallest absolute Gasteiger partial charge is 0.345 e. The second kappa shape index (κ2) is 4.64. The number of thiophene rings is 1. The highest BCUT2D eigenvalue weighted by atomic mass is 32.2. The average molecular weight is 289 g/mol. The van der Waals surface area contributed by atoms with E-state index >= 15 is 0 Å². The Balaban J connectivity index is 2.30. The van der Waals surface area contributed by atoms with Gasteiger partial charge in [0, 0.05) is 18.5 Å². The van der Waals surface area contributed by atoms with Gasteiger partial charge in [0.15, 0.2) is 0 Å². The Hall–Kier alpha value is -0.920. The molecule has 0 bridgehead atoms. The predicted molar refractivity (Wildman–Crippen MR) is 68.6 cm³/mol. The molecule has 1 aromatic rings. The molecule has 0 unspecified atom stereocenters. The molecular weight excluding hydrogens is 274 g/mol. The molecule has 1 saturated carbocycles. The highest BCUT2D eigenvalue weighted by Gasteiger charge is 2.31. The maximum absolute atomic E-state index is 12.3. The van der Waals surface area contributed by atoms with E-state index in [1.54, 1.807) is 14.0 Å². The first-order valence-corrected chi connectivity index (χ1v) is 7.88. The van der Waals surface area contributed by atoms with Crippen LogP contribution in [0.25, 0.3) is 0 Å². The van der Waals surface area contributed by atoms with Crippen LogP contribution in [0.4, 0.5) is 0 Å². The minimum atomic E-state index is -3.56. The fourth-order valence-electron chi connectivity index (χ4n) is 1.76. The lowest BCUT2D eigenvalue weighted by Crippen LogP contribution is -2.29. The van der Waals surface area contributed by atoms with Crippen LogP contribution < -0.4 is 0 Å². The van der Waals surface area contributed by atoms with Crippen LogP contribution in [0.3, 0.4) is 0 Å². The maximum Gasteiger partial charge on any atom is 0.345 e. The van der Waals surface area contributed by atoms with Crippen molar-refractivity contribution in [1.29, 1.82) is 0 Å². The minimum Gasteiger partial charge on any atom is -0.477 e. The lowest BCUT2D eigenvalue weighted by Gasteiger charge is -2.16. The van der Waals surface area contributed by atoms with Crippen molar-refractivity contribution in [3.8, 4) is 0 Å². The van der Waals surface area contributed by atoms with Crippen molar-refractivity contribution in [2.75, 3.05) is 13.6 Å². The molecule has 0 atom stereocenters. The highest BCUT2D eigenvalue weighted by molar-refractivity contribution is 7.89. The summed E-state index contributed by atoms with van der Waals surface area (Å²) in [7, 11) is -2.01. The van der Waals surface area contributed by atoms with Gasteiger partial charge in [0.2, 0.25) is 10.0 Å². The zero-order chi connectivity index (χ0) is 13.5. The molecule has 18 heavy (non-hydrogen) atoms. The van der Waals surface area contributed by atoms with Crippen LogP contribution in [-0.4, -0.2) is 37.4 Å². The van der Waals surface area contributed by atoms with Gasteiger partial charge in [-0.3, -0.25) is 0 Å². The SMILES string of the molecule is Cc1sc(C(=O)O)cc1S(=O)(=O)N(C)CC1CC1. The van der Waals surface area contributed by atoms with Crippen LogP contribution in [0.15, 0.2) is 11.0 Å². The van der Waals surface area contributed by atoms with Gasteiger partial charge >= 0.3 is 5.97 Å². The fraction of sp³-hybridized carbons (Fsp3) is 0.545. The van der Waals surface area contributed by atoms with Gasteiger partial charge in [-0.2, -0.15) is 0 Å². The lowest BCUT2D eigenvalue weighted by atomic mass is 10.4. The van der Waals surface area contributed by atoms with E-state index in [0.29, 0.717) is 17.3 Å². The third-order valence-corrected chi connectivity index (χ3v) is 6.10. The molecule has 0 aromatic carbocycles. The molecule has 100 valence electrons. The fourth-order valence-corrected chi connectivity index (χ4v) is 4.40. The number of aromatic carboxylic acids is 1. The van der Waals surface area contributed by atoms with Crippen molar-refractivity contribution in [3.05, 3.63) is 15.8 Å². The third kappa shape index (κ3) is 2.57. The molecule has 0 amide bonds. The molecule has 1 aromatic heterocycles. The molecule has 7 heteroatoms. The number of carboxylic acid groups (broad SMARTS) is 1. The van der Waals surface area contributed by atoms with E-state index in [4.69, 9.17) is 5.11 Å². The minimum absolute atomic E-state index is 0.0610. The topological polar surface area (TPSA) is 74.7 Å². The van der Waals surface area contributed by atoms with Gasteiger partial charge in [-0.25, -0.2) is 17.5 Å². The number of hydrogen-bond donors (Lipinski definition) is 1. The Kier molecular flexibility index (Phi) is 3.48. The number of hydrogen-bond acceptors (Lipinski definition) is 4. The summed E-state index contributed by atoms with van der Waals surface area (Å²) in [6.45, 7) is 2.15. The van der Waals surface area contributed by atoms with Crippen molar-refractivity contribution in [2.45, 2.75) is 24.7 Å². The quantitative estimate of drug-likeness (QED) is 0.896. The zero-order valence-corrected chi connectivity index (χ0v) is 11.8. The molecule has 0 saturated heterocycles. The second-order valence-corrected chi connectivity index (χ2v) is 7.83. The Labute approximate surface area is 110 Å². The Morgan fingerprint density at radius 3 is 2.61 bits per heavy atom. The molecule has 1 N–H and O–H groups in total. The first kappa shape index (κ1) is 13.5. The molecular formula is C11H15NO4S2. The normalized spacial score (nSPS) is 16.2. The molecule has 1 fully saturated rings. The predicted octanol–water partition coefficient (Wildman–Crippen LogP) is 1.79. The van der Waals surface area contributed by atoms with Crippen LogP contribution >= 0.6 is 11.3 Å². The van der Waals surface area contributed by atoms with Crippen LogP contribution in [0, 0.1) is 12.8 Å². The summed E-state index contributed by atoms with van der Waals surface area (Å²) in [6, 6.07) is 1.25. The molecule has 2 rings (SSSR count). The summed E-state index contributed by atoms with van der Waals surface area (Å²) in [6.07, 6.45) is 2.14. The molecule has 0 spiro atoms. The molecule has 1 aliphatic carbocycles. The van der Waals surface area contributed by atoms with E-state index in [1.165, 1.54) is 10.4 Å². The van der Waals surface area contributed by atoms with Crippen LogP contribution in [-0.2, 0) is 10.0 Å². The van der Waals surface area contributed by atoms with Crippen molar-refractivity contribution in [3.63, 3.8) is 0 Å². The second-order valence-electron chi connectivity index (χ2n) is 4.57. The number of carboxylic acids is 1. The van der Waals surface area contributed by atoms with E-state index in [0.717, 1.165) is 24.2 Å². The molecule has 5 nitrogen and oxygen atoms in total. The van der Waals surface area contributed by atoms with Gasteiger partial charge in [0.05, 0.1) is 4.90 Å². The number of nitrogens with zero attached hydrogens (tertiary/aromatic N) is 1. The van der Waals surface area contributed by atoms with Crippen molar-refractivity contribution >= 4 is 27.3 Å². The van der Waals surface area contributed by atoms with Crippen molar-refractivity contribution in [2.24, 2.45) is 5.92 Å². The summed E-state index contributed by atoms with van der Waals surface area (Å²) in [5.74, 6) is -0.628. The molecule has 0 radical (unpaired) electrons. The first-order chi connectivity index (χ1) is 8.32. The summed E-state index contributed by atoms with van der Waals surface area (Å²) >= 11 is 0.996. The van der Waals surface area contributed by atoms with E-state index in [1.807, 2.05) is 0 Å². The highest BCUT2D eigenvalue weighted by Crippen LogP contribution is 2.33. The van der Waals surface area contributed by atoms with Crippen molar-refractivity contribution in [1.82, 2.24) is 4.31 Å². The number of rotatable bonds is 5. The van der Waals surface area contributed by atoms with Gasteiger partial charge < -0.3 is 5.11 Å². The first-order valence-electron chi connectivity index (χ1n) is 5.62. The van der Waals surface area contributed by atoms with E-state index < -0.39 is 16.0 Å². The van der Waals surface area contributed by atoms with Crippen LogP contribution in [0.2, 0.25) is 0 Å². The van der Waals surface area contributed by atoms with Gasteiger partial charge in [-0.1, -0.05) is 0 Å². The van der Waals surface area contributed by atoms with E-state index in [2.05, 4.69) is 0 Å². The van der Waals surface area contributed by atoms with Crippen molar-refractivity contribution < 1.29 is 18.3 Å². The number of sulfonamides is 1. The summed E-state index contributed by atoms with van der Waals surface area (Å²) < 4.78 is 25.9. The maximum atomic E-state index is 12.3.